The van der Waals surface area contributed by atoms with Crippen molar-refractivity contribution in [2.24, 2.45) is 5.92 Å². The molecule has 5 heteroatoms. The predicted molar refractivity (Wildman–Crippen MR) is 94.8 cm³/mol. The van der Waals surface area contributed by atoms with Gasteiger partial charge in [0.25, 0.3) is 0 Å². The second-order valence-electron chi connectivity index (χ2n) is 7.64. The molecule has 0 bridgehead atoms. The Morgan fingerprint density at radius 2 is 1.61 bits per heavy atom. The van der Waals surface area contributed by atoms with E-state index in [9.17, 15) is 0 Å². The van der Waals surface area contributed by atoms with Crippen LogP contribution in [0.25, 0.3) is 0 Å². The minimum Gasteiger partial charge on any atom is -0.395 e. The van der Waals surface area contributed by atoms with Crippen molar-refractivity contribution in [3.63, 3.8) is 0 Å². The Labute approximate surface area is 142 Å². The first-order valence-corrected chi connectivity index (χ1v) is 9.87. The Morgan fingerprint density at radius 1 is 0.870 bits per heavy atom. The van der Waals surface area contributed by atoms with E-state index in [1.54, 1.807) is 0 Å². The van der Waals surface area contributed by atoms with Crippen LogP contribution in [-0.2, 0) is 0 Å². The van der Waals surface area contributed by atoms with Crippen molar-refractivity contribution in [1.82, 2.24) is 20.0 Å². The molecular formula is C18H36N4O. The highest BCUT2D eigenvalue weighted by molar-refractivity contribution is 4.90. The zero-order chi connectivity index (χ0) is 15.9. The lowest BCUT2D eigenvalue weighted by molar-refractivity contribution is 0.0388. The van der Waals surface area contributed by atoms with Crippen molar-refractivity contribution in [3.05, 3.63) is 0 Å². The molecule has 5 nitrogen and oxygen atoms in total. The third-order valence-electron chi connectivity index (χ3n) is 6.07. The Bertz CT molecular complexity index is 325. The van der Waals surface area contributed by atoms with Gasteiger partial charge in [0.05, 0.1) is 6.61 Å². The third-order valence-corrected chi connectivity index (χ3v) is 6.07. The molecule has 0 radical (unpaired) electrons. The van der Waals surface area contributed by atoms with Crippen LogP contribution < -0.4 is 5.32 Å². The fourth-order valence-corrected chi connectivity index (χ4v) is 4.65. The summed E-state index contributed by atoms with van der Waals surface area (Å²) in [5.74, 6) is 0.832. The minimum atomic E-state index is 0.294. The Kier molecular flexibility index (Phi) is 7.14. The van der Waals surface area contributed by atoms with Crippen LogP contribution in [0.15, 0.2) is 0 Å². The topological polar surface area (TPSA) is 42.0 Å². The summed E-state index contributed by atoms with van der Waals surface area (Å²) >= 11 is 0. The summed E-state index contributed by atoms with van der Waals surface area (Å²) in [5, 5.41) is 12.7. The van der Waals surface area contributed by atoms with Gasteiger partial charge in [-0.05, 0) is 44.8 Å². The summed E-state index contributed by atoms with van der Waals surface area (Å²) in [4.78, 5) is 7.87. The number of β-amino-alcohol motifs (C(OH)–C–C–N with tert-alkyl or cyclic N) is 1. The summed E-state index contributed by atoms with van der Waals surface area (Å²) < 4.78 is 0. The monoisotopic (exact) mass is 324 g/mol. The number of piperazine rings is 1. The van der Waals surface area contributed by atoms with E-state index in [1.165, 1.54) is 77.9 Å². The number of aliphatic hydroxyl groups excluding tert-OH is 1. The minimum absolute atomic E-state index is 0.294. The quantitative estimate of drug-likeness (QED) is 0.769. The zero-order valence-corrected chi connectivity index (χ0v) is 14.8. The SMILES string of the molecule is OCCN1CCN(C2CNCCC2CN2CCCCCC2)CC1. The van der Waals surface area contributed by atoms with E-state index < -0.39 is 0 Å². The van der Waals surface area contributed by atoms with Crippen molar-refractivity contribution in [2.75, 3.05) is 72.1 Å². The van der Waals surface area contributed by atoms with Gasteiger partial charge in [0, 0.05) is 51.9 Å². The molecule has 23 heavy (non-hydrogen) atoms. The van der Waals surface area contributed by atoms with Crippen LogP contribution in [0.5, 0.6) is 0 Å². The molecule has 2 atom stereocenters. The van der Waals surface area contributed by atoms with Crippen LogP contribution in [0.1, 0.15) is 32.1 Å². The third kappa shape index (κ3) is 5.13. The number of likely N-dealkylation sites (tertiary alicyclic amines) is 1. The van der Waals surface area contributed by atoms with E-state index in [0.717, 1.165) is 25.6 Å². The molecule has 2 unspecified atom stereocenters. The van der Waals surface area contributed by atoms with Gasteiger partial charge < -0.3 is 15.3 Å². The van der Waals surface area contributed by atoms with Gasteiger partial charge in [-0.2, -0.15) is 0 Å². The smallest absolute Gasteiger partial charge is 0.0558 e. The van der Waals surface area contributed by atoms with Crippen LogP contribution in [0.3, 0.4) is 0 Å². The highest BCUT2D eigenvalue weighted by Gasteiger charge is 2.32. The molecule has 3 saturated heterocycles. The maximum absolute atomic E-state index is 9.11. The molecule has 3 rings (SSSR count). The number of piperidine rings is 1. The summed E-state index contributed by atoms with van der Waals surface area (Å²) in [7, 11) is 0. The number of rotatable bonds is 5. The fourth-order valence-electron chi connectivity index (χ4n) is 4.65. The Balaban J connectivity index is 1.51. The lowest BCUT2D eigenvalue weighted by Gasteiger charge is -2.45. The highest BCUT2D eigenvalue weighted by atomic mass is 16.3. The van der Waals surface area contributed by atoms with Crippen LogP contribution in [0, 0.1) is 5.92 Å². The van der Waals surface area contributed by atoms with Crippen LogP contribution >= 0.6 is 0 Å². The van der Waals surface area contributed by atoms with Gasteiger partial charge in [-0.25, -0.2) is 0 Å². The fraction of sp³-hybridized carbons (Fsp3) is 1.00. The summed E-state index contributed by atoms with van der Waals surface area (Å²) in [6.45, 7) is 12.0. The molecule has 134 valence electrons. The average molecular weight is 325 g/mol. The normalized spacial score (nSPS) is 32.7. The van der Waals surface area contributed by atoms with E-state index in [1.807, 2.05) is 0 Å². The number of nitrogens with zero attached hydrogens (tertiary/aromatic N) is 3. The van der Waals surface area contributed by atoms with Crippen molar-refractivity contribution >= 4 is 0 Å². The lowest BCUT2D eigenvalue weighted by atomic mass is 9.90. The summed E-state index contributed by atoms with van der Waals surface area (Å²) in [6.07, 6.45) is 6.99. The second kappa shape index (κ2) is 9.33. The molecule has 0 amide bonds. The van der Waals surface area contributed by atoms with Crippen LogP contribution in [0.4, 0.5) is 0 Å². The molecule has 0 aromatic heterocycles. The first-order chi connectivity index (χ1) is 11.4. The molecule has 0 saturated carbocycles. The first kappa shape index (κ1) is 17.6. The second-order valence-corrected chi connectivity index (χ2v) is 7.64. The maximum atomic E-state index is 9.11. The standard InChI is InChI=1S/C18H36N4O/c23-14-13-20-9-11-22(12-10-20)18-15-19-6-5-17(18)16-21-7-3-1-2-4-8-21/h17-19,23H,1-16H2. The Morgan fingerprint density at radius 3 is 2.30 bits per heavy atom. The number of hydrogen-bond donors (Lipinski definition) is 2. The summed E-state index contributed by atoms with van der Waals surface area (Å²) in [6, 6.07) is 0.711. The van der Waals surface area contributed by atoms with Gasteiger partial charge in [0.2, 0.25) is 0 Å². The van der Waals surface area contributed by atoms with Crippen molar-refractivity contribution in [2.45, 2.75) is 38.1 Å². The summed E-state index contributed by atoms with van der Waals surface area (Å²) in [5.41, 5.74) is 0. The zero-order valence-electron chi connectivity index (χ0n) is 14.8. The van der Waals surface area contributed by atoms with E-state index in [-0.39, 0.29) is 0 Å². The average Bonchev–Trinajstić information content (AvgIpc) is 2.85. The molecular weight excluding hydrogens is 288 g/mol. The van der Waals surface area contributed by atoms with Crippen molar-refractivity contribution < 1.29 is 5.11 Å². The molecule has 0 aliphatic carbocycles. The molecule has 3 aliphatic heterocycles. The van der Waals surface area contributed by atoms with E-state index in [0.29, 0.717) is 12.6 Å². The highest BCUT2D eigenvalue weighted by Crippen LogP contribution is 2.22. The molecule has 3 aliphatic rings. The van der Waals surface area contributed by atoms with E-state index in [2.05, 4.69) is 20.0 Å². The number of hydrogen-bond acceptors (Lipinski definition) is 5. The van der Waals surface area contributed by atoms with Crippen molar-refractivity contribution in [3.8, 4) is 0 Å². The van der Waals surface area contributed by atoms with Gasteiger partial charge in [-0.15, -0.1) is 0 Å². The first-order valence-electron chi connectivity index (χ1n) is 9.87. The maximum Gasteiger partial charge on any atom is 0.0558 e. The van der Waals surface area contributed by atoms with Crippen molar-refractivity contribution in [1.29, 1.82) is 0 Å². The molecule has 3 fully saturated rings. The van der Waals surface area contributed by atoms with E-state index in [4.69, 9.17) is 5.11 Å². The van der Waals surface area contributed by atoms with Gasteiger partial charge in [-0.1, -0.05) is 12.8 Å². The van der Waals surface area contributed by atoms with Gasteiger partial charge in [0.15, 0.2) is 0 Å². The molecule has 0 aromatic rings. The van der Waals surface area contributed by atoms with Crippen LogP contribution in [-0.4, -0.2) is 97.9 Å². The molecule has 2 N–H and O–H groups in total. The molecule has 3 heterocycles. The number of nitrogens with one attached hydrogen (secondary N) is 1. The molecule has 0 spiro atoms. The largest absolute Gasteiger partial charge is 0.395 e. The van der Waals surface area contributed by atoms with E-state index >= 15 is 0 Å². The lowest BCUT2D eigenvalue weighted by Crippen LogP contribution is -2.59. The van der Waals surface area contributed by atoms with Gasteiger partial charge in [-0.3, -0.25) is 9.80 Å². The van der Waals surface area contributed by atoms with Crippen LogP contribution in [0.2, 0.25) is 0 Å². The molecule has 0 aromatic carbocycles. The van der Waals surface area contributed by atoms with Gasteiger partial charge >= 0.3 is 0 Å². The number of aliphatic hydroxyl groups is 1. The Hall–Kier alpha value is -0.200. The van der Waals surface area contributed by atoms with Gasteiger partial charge in [0.1, 0.15) is 0 Å². The predicted octanol–water partition coefficient (Wildman–Crippen LogP) is 0.450.